The van der Waals surface area contributed by atoms with Crippen molar-refractivity contribution in [2.24, 2.45) is 5.73 Å². The predicted molar refractivity (Wildman–Crippen MR) is 76.9 cm³/mol. The van der Waals surface area contributed by atoms with E-state index in [2.05, 4.69) is 41.5 Å². The SMILES string of the molecule is NCc1ccn(-c2ccc(-c3ccccc3)cc2)n1. The van der Waals surface area contributed by atoms with Gasteiger partial charge in [0.2, 0.25) is 0 Å². The van der Waals surface area contributed by atoms with E-state index in [-0.39, 0.29) is 0 Å². The Bertz CT molecular complexity index is 654. The van der Waals surface area contributed by atoms with E-state index in [0.717, 1.165) is 11.4 Å². The Morgan fingerprint density at radius 3 is 2.16 bits per heavy atom. The molecule has 0 aliphatic carbocycles. The molecule has 3 aromatic rings. The van der Waals surface area contributed by atoms with Gasteiger partial charge >= 0.3 is 0 Å². The molecule has 3 nitrogen and oxygen atoms in total. The van der Waals surface area contributed by atoms with E-state index < -0.39 is 0 Å². The predicted octanol–water partition coefficient (Wildman–Crippen LogP) is 3.00. The first-order valence-corrected chi connectivity index (χ1v) is 6.27. The highest BCUT2D eigenvalue weighted by Gasteiger charge is 2.01. The Hall–Kier alpha value is -2.39. The Balaban J connectivity index is 1.90. The Morgan fingerprint density at radius 2 is 1.53 bits per heavy atom. The zero-order valence-electron chi connectivity index (χ0n) is 10.5. The maximum absolute atomic E-state index is 5.57. The molecular weight excluding hydrogens is 234 g/mol. The quantitative estimate of drug-likeness (QED) is 0.775. The number of nitrogens with zero attached hydrogens (tertiary/aromatic N) is 2. The molecule has 0 saturated heterocycles. The van der Waals surface area contributed by atoms with Gasteiger partial charge in [-0.05, 0) is 29.3 Å². The molecule has 3 rings (SSSR count). The van der Waals surface area contributed by atoms with Gasteiger partial charge in [0.15, 0.2) is 0 Å². The summed E-state index contributed by atoms with van der Waals surface area (Å²) in [5.74, 6) is 0. The average molecular weight is 249 g/mol. The van der Waals surface area contributed by atoms with Crippen LogP contribution in [0.3, 0.4) is 0 Å². The lowest BCUT2D eigenvalue weighted by molar-refractivity contribution is 0.834. The Morgan fingerprint density at radius 1 is 0.842 bits per heavy atom. The van der Waals surface area contributed by atoms with Crippen LogP contribution in [0.1, 0.15) is 5.69 Å². The molecule has 2 N–H and O–H groups in total. The van der Waals surface area contributed by atoms with Crippen LogP contribution >= 0.6 is 0 Å². The summed E-state index contributed by atoms with van der Waals surface area (Å²) in [7, 11) is 0. The van der Waals surface area contributed by atoms with Crippen molar-refractivity contribution >= 4 is 0 Å². The van der Waals surface area contributed by atoms with Crippen LogP contribution < -0.4 is 5.73 Å². The van der Waals surface area contributed by atoms with Crippen LogP contribution in [0.25, 0.3) is 16.8 Å². The van der Waals surface area contributed by atoms with Crippen molar-refractivity contribution < 1.29 is 0 Å². The van der Waals surface area contributed by atoms with Gasteiger partial charge in [-0.3, -0.25) is 0 Å². The summed E-state index contributed by atoms with van der Waals surface area (Å²) in [6.45, 7) is 0.467. The highest BCUT2D eigenvalue weighted by Crippen LogP contribution is 2.20. The number of hydrogen-bond acceptors (Lipinski definition) is 2. The van der Waals surface area contributed by atoms with Crippen LogP contribution in [-0.4, -0.2) is 9.78 Å². The monoisotopic (exact) mass is 249 g/mol. The molecule has 0 unspecified atom stereocenters. The van der Waals surface area contributed by atoms with Gasteiger partial charge in [-0.15, -0.1) is 0 Å². The van der Waals surface area contributed by atoms with E-state index in [0.29, 0.717) is 6.54 Å². The van der Waals surface area contributed by atoms with Crippen molar-refractivity contribution in [2.75, 3.05) is 0 Å². The molecule has 3 heteroatoms. The fourth-order valence-electron chi connectivity index (χ4n) is 2.05. The van der Waals surface area contributed by atoms with Gasteiger partial charge in [-0.25, -0.2) is 4.68 Å². The zero-order chi connectivity index (χ0) is 13.1. The molecule has 1 aromatic heterocycles. The van der Waals surface area contributed by atoms with E-state index in [1.807, 2.05) is 35.1 Å². The van der Waals surface area contributed by atoms with Gasteiger partial charge in [0.05, 0.1) is 11.4 Å². The standard InChI is InChI=1S/C16H15N3/c17-12-15-10-11-19(18-15)16-8-6-14(7-9-16)13-4-2-1-3-5-13/h1-11H,12,17H2. The molecule has 0 saturated carbocycles. The maximum atomic E-state index is 5.57. The second-order valence-corrected chi connectivity index (χ2v) is 4.37. The van der Waals surface area contributed by atoms with E-state index in [1.54, 1.807) is 0 Å². The molecular formula is C16H15N3. The number of hydrogen-bond donors (Lipinski definition) is 1. The van der Waals surface area contributed by atoms with Crippen molar-refractivity contribution in [3.8, 4) is 16.8 Å². The second kappa shape index (κ2) is 5.08. The fourth-order valence-corrected chi connectivity index (χ4v) is 2.05. The van der Waals surface area contributed by atoms with Crippen molar-refractivity contribution in [1.29, 1.82) is 0 Å². The van der Waals surface area contributed by atoms with Crippen LogP contribution in [0.5, 0.6) is 0 Å². The molecule has 0 aliphatic rings. The van der Waals surface area contributed by atoms with Crippen LogP contribution in [0.4, 0.5) is 0 Å². The largest absolute Gasteiger partial charge is 0.325 e. The molecule has 94 valence electrons. The molecule has 0 aliphatic heterocycles. The summed E-state index contributed by atoms with van der Waals surface area (Å²) in [5.41, 5.74) is 9.93. The van der Waals surface area contributed by atoms with Crippen molar-refractivity contribution in [3.63, 3.8) is 0 Å². The summed E-state index contributed by atoms with van der Waals surface area (Å²) in [5, 5.41) is 4.39. The van der Waals surface area contributed by atoms with Gasteiger partial charge < -0.3 is 5.73 Å². The molecule has 0 spiro atoms. The van der Waals surface area contributed by atoms with Crippen molar-refractivity contribution in [1.82, 2.24) is 9.78 Å². The third-order valence-corrected chi connectivity index (χ3v) is 3.09. The van der Waals surface area contributed by atoms with Crippen LogP contribution in [0.2, 0.25) is 0 Å². The highest BCUT2D eigenvalue weighted by atomic mass is 15.3. The molecule has 0 radical (unpaired) electrons. The molecule has 0 fully saturated rings. The first-order chi connectivity index (χ1) is 9.36. The lowest BCUT2D eigenvalue weighted by Crippen LogP contribution is -2.00. The van der Waals surface area contributed by atoms with Gasteiger partial charge in [-0.2, -0.15) is 5.10 Å². The summed E-state index contributed by atoms with van der Waals surface area (Å²) in [4.78, 5) is 0. The van der Waals surface area contributed by atoms with Gasteiger partial charge in [0, 0.05) is 12.7 Å². The van der Waals surface area contributed by atoms with E-state index in [9.17, 15) is 0 Å². The first-order valence-electron chi connectivity index (χ1n) is 6.27. The molecule has 1 heterocycles. The third-order valence-electron chi connectivity index (χ3n) is 3.09. The van der Waals surface area contributed by atoms with Crippen LogP contribution in [-0.2, 0) is 6.54 Å². The molecule has 0 atom stereocenters. The minimum atomic E-state index is 0.467. The normalized spacial score (nSPS) is 10.6. The third kappa shape index (κ3) is 2.41. The van der Waals surface area contributed by atoms with E-state index in [1.165, 1.54) is 11.1 Å². The summed E-state index contributed by atoms with van der Waals surface area (Å²) >= 11 is 0. The van der Waals surface area contributed by atoms with Crippen LogP contribution in [0, 0.1) is 0 Å². The molecule has 19 heavy (non-hydrogen) atoms. The summed E-state index contributed by atoms with van der Waals surface area (Å²) < 4.78 is 1.84. The van der Waals surface area contributed by atoms with Gasteiger partial charge in [0.25, 0.3) is 0 Å². The topological polar surface area (TPSA) is 43.8 Å². The minimum absolute atomic E-state index is 0.467. The zero-order valence-corrected chi connectivity index (χ0v) is 10.5. The van der Waals surface area contributed by atoms with Crippen molar-refractivity contribution in [2.45, 2.75) is 6.54 Å². The smallest absolute Gasteiger partial charge is 0.0764 e. The minimum Gasteiger partial charge on any atom is -0.325 e. The van der Waals surface area contributed by atoms with Crippen molar-refractivity contribution in [3.05, 3.63) is 72.6 Å². The fraction of sp³-hybridized carbons (Fsp3) is 0.0625. The maximum Gasteiger partial charge on any atom is 0.0764 e. The number of nitrogens with two attached hydrogens (primary N) is 1. The van der Waals surface area contributed by atoms with Gasteiger partial charge in [-0.1, -0.05) is 42.5 Å². The van der Waals surface area contributed by atoms with E-state index >= 15 is 0 Å². The Kier molecular flexibility index (Phi) is 3.12. The molecule has 2 aromatic carbocycles. The first kappa shape index (κ1) is 11.7. The summed E-state index contributed by atoms with van der Waals surface area (Å²) in [6.07, 6.45) is 1.93. The second-order valence-electron chi connectivity index (χ2n) is 4.37. The van der Waals surface area contributed by atoms with Crippen LogP contribution in [0.15, 0.2) is 66.9 Å². The van der Waals surface area contributed by atoms with Gasteiger partial charge in [0.1, 0.15) is 0 Å². The molecule has 0 bridgehead atoms. The number of aromatic nitrogens is 2. The molecule has 0 amide bonds. The number of benzene rings is 2. The Labute approximate surface area is 112 Å². The lowest BCUT2D eigenvalue weighted by atomic mass is 10.1. The lowest BCUT2D eigenvalue weighted by Gasteiger charge is -2.04. The summed E-state index contributed by atoms with van der Waals surface area (Å²) in [6, 6.07) is 20.6. The number of rotatable bonds is 3. The van der Waals surface area contributed by atoms with E-state index in [4.69, 9.17) is 5.73 Å². The average Bonchev–Trinajstić information content (AvgIpc) is 2.97. The highest BCUT2D eigenvalue weighted by molar-refractivity contribution is 5.64.